The Morgan fingerprint density at radius 2 is 1.57 bits per heavy atom. The minimum Gasteiger partial charge on any atom is -0.380 e. The molecule has 0 radical (unpaired) electrons. The summed E-state index contributed by atoms with van der Waals surface area (Å²) in [5, 5.41) is 6.60. The minimum atomic E-state index is -0.508. The summed E-state index contributed by atoms with van der Waals surface area (Å²) < 4.78 is 0. The van der Waals surface area contributed by atoms with Crippen molar-refractivity contribution in [2.75, 3.05) is 17.2 Å². The van der Waals surface area contributed by atoms with Crippen LogP contribution in [0.4, 0.5) is 17.1 Å². The molecule has 2 aromatic carbocycles. The van der Waals surface area contributed by atoms with Gasteiger partial charge in [-0.1, -0.05) is 11.6 Å². The van der Waals surface area contributed by atoms with Gasteiger partial charge in [-0.25, -0.2) is 0 Å². The molecule has 0 aliphatic heterocycles. The molecule has 1 heterocycles. The van der Waals surface area contributed by atoms with Gasteiger partial charge in [0.15, 0.2) is 0 Å². The van der Waals surface area contributed by atoms with Gasteiger partial charge < -0.3 is 10.6 Å². The molecule has 116 valence electrons. The Morgan fingerprint density at radius 3 is 2.26 bits per heavy atom. The lowest BCUT2D eigenvalue weighted by molar-refractivity contribution is 1.01. The number of nitrogens with zero attached hydrogens (tertiary/aromatic N) is 1. The SMILES string of the molecule is O=c1c(NCCc2ccncc2)c(Nc2ccc(Cl)cc2)c1=O. The fourth-order valence-electron chi connectivity index (χ4n) is 2.24. The Kier molecular flexibility index (Phi) is 4.39. The van der Waals surface area contributed by atoms with Crippen molar-refractivity contribution in [2.24, 2.45) is 0 Å². The van der Waals surface area contributed by atoms with E-state index in [-0.39, 0.29) is 0 Å². The predicted molar refractivity (Wildman–Crippen MR) is 92.5 cm³/mol. The van der Waals surface area contributed by atoms with Crippen molar-refractivity contribution in [1.82, 2.24) is 4.98 Å². The van der Waals surface area contributed by atoms with Crippen molar-refractivity contribution in [2.45, 2.75) is 6.42 Å². The van der Waals surface area contributed by atoms with Crippen molar-refractivity contribution in [3.8, 4) is 0 Å². The Bertz CT molecular complexity index is 869. The number of hydrogen-bond donors (Lipinski definition) is 2. The average molecular weight is 328 g/mol. The third-order valence-corrected chi connectivity index (χ3v) is 3.74. The number of nitrogens with one attached hydrogen (secondary N) is 2. The molecule has 0 fully saturated rings. The highest BCUT2D eigenvalue weighted by atomic mass is 35.5. The summed E-state index contributed by atoms with van der Waals surface area (Å²) in [7, 11) is 0. The number of benzene rings is 1. The summed E-state index contributed by atoms with van der Waals surface area (Å²) in [4.78, 5) is 27.4. The van der Waals surface area contributed by atoms with Gasteiger partial charge in [-0.05, 0) is 48.4 Å². The molecule has 23 heavy (non-hydrogen) atoms. The summed E-state index contributed by atoms with van der Waals surface area (Å²) in [6, 6.07) is 10.8. The van der Waals surface area contributed by atoms with E-state index >= 15 is 0 Å². The van der Waals surface area contributed by atoms with Crippen molar-refractivity contribution in [3.63, 3.8) is 0 Å². The van der Waals surface area contributed by atoms with Crippen LogP contribution in [0.5, 0.6) is 0 Å². The normalized spacial score (nSPS) is 10.7. The van der Waals surface area contributed by atoms with Crippen molar-refractivity contribution in [3.05, 3.63) is 79.8 Å². The van der Waals surface area contributed by atoms with Gasteiger partial charge in [0.25, 0.3) is 10.9 Å². The Morgan fingerprint density at radius 1 is 0.913 bits per heavy atom. The topological polar surface area (TPSA) is 71.1 Å². The third kappa shape index (κ3) is 3.40. The quantitative estimate of drug-likeness (QED) is 0.681. The van der Waals surface area contributed by atoms with Crippen LogP contribution in [0.1, 0.15) is 5.56 Å². The van der Waals surface area contributed by atoms with Crippen LogP contribution in [0.3, 0.4) is 0 Å². The highest BCUT2D eigenvalue weighted by molar-refractivity contribution is 6.30. The maximum absolute atomic E-state index is 11.7. The van der Waals surface area contributed by atoms with Crippen LogP contribution in [0.2, 0.25) is 5.02 Å². The molecule has 1 aromatic heterocycles. The fraction of sp³-hybridized carbons (Fsp3) is 0.118. The van der Waals surface area contributed by atoms with Crippen LogP contribution < -0.4 is 21.5 Å². The summed E-state index contributed by atoms with van der Waals surface area (Å²) in [5.74, 6) is 0. The van der Waals surface area contributed by atoms with Crippen LogP contribution in [-0.4, -0.2) is 11.5 Å². The second-order valence-electron chi connectivity index (χ2n) is 5.07. The molecule has 3 aromatic rings. The molecule has 0 spiro atoms. The molecule has 0 atom stereocenters. The van der Waals surface area contributed by atoms with E-state index in [1.165, 1.54) is 0 Å². The van der Waals surface area contributed by atoms with Crippen molar-refractivity contribution >= 4 is 28.7 Å². The number of pyridine rings is 1. The Hall–Kier alpha value is -2.66. The van der Waals surface area contributed by atoms with E-state index in [1.807, 2.05) is 12.1 Å². The summed E-state index contributed by atoms with van der Waals surface area (Å²) in [5.41, 5.74) is 1.45. The van der Waals surface area contributed by atoms with Gasteiger partial charge in [0, 0.05) is 29.6 Å². The van der Waals surface area contributed by atoms with Gasteiger partial charge in [0.05, 0.1) is 0 Å². The molecule has 0 aliphatic rings. The first-order valence-corrected chi connectivity index (χ1v) is 7.51. The zero-order valence-corrected chi connectivity index (χ0v) is 12.9. The highest BCUT2D eigenvalue weighted by Crippen LogP contribution is 2.22. The number of anilines is 3. The molecule has 0 aliphatic carbocycles. The van der Waals surface area contributed by atoms with Gasteiger partial charge in [0.2, 0.25) is 0 Å². The predicted octanol–water partition coefficient (Wildman–Crippen LogP) is 2.73. The third-order valence-electron chi connectivity index (χ3n) is 3.49. The lowest BCUT2D eigenvalue weighted by Crippen LogP contribution is -2.37. The molecule has 0 saturated heterocycles. The summed E-state index contributed by atoms with van der Waals surface area (Å²) in [6.45, 7) is 0.560. The number of hydrogen-bond acceptors (Lipinski definition) is 5. The molecule has 0 bridgehead atoms. The maximum atomic E-state index is 11.7. The molecule has 0 amide bonds. The first kappa shape index (κ1) is 15.2. The van der Waals surface area contributed by atoms with E-state index in [4.69, 9.17) is 11.6 Å². The second-order valence-corrected chi connectivity index (χ2v) is 5.51. The highest BCUT2D eigenvalue weighted by Gasteiger charge is 2.20. The van der Waals surface area contributed by atoms with Crippen LogP contribution >= 0.6 is 11.6 Å². The van der Waals surface area contributed by atoms with Gasteiger partial charge in [-0.2, -0.15) is 0 Å². The van der Waals surface area contributed by atoms with Gasteiger partial charge in [-0.15, -0.1) is 0 Å². The number of aromatic nitrogens is 1. The minimum absolute atomic E-state index is 0.298. The fourth-order valence-corrected chi connectivity index (χ4v) is 2.36. The number of rotatable bonds is 6. The largest absolute Gasteiger partial charge is 0.380 e. The first-order valence-electron chi connectivity index (χ1n) is 7.14. The molecule has 5 nitrogen and oxygen atoms in total. The van der Waals surface area contributed by atoms with Crippen LogP contribution in [-0.2, 0) is 6.42 Å². The standard InChI is InChI=1S/C17H14ClN3O2/c18-12-1-3-13(4-2-12)21-15-14(16(22)17(15)23)20-10-7-11-5-8-19-9-6-11/h1-6,8-9,20-21H,7,10H2. The van der Waals surface area contributed by atoms with E-state index in [9.17, 15) is 9.59 Å². The Labute approximate surface area is 137 Å². The molecular formula is C17H14ClN3O2. The van der Waals surface area contributed by atoms with E-state index in [1.54, 1.807) is 36.7 Å². The number of halogens is 1. The maximum Gasteiger partial charge on any atom is 0.253 e. The summed E-state index contributed by atoms with van der Waals surface area (Å²) in [6.07, 6.45) is 4.18. The zero-order valence-electron chi connectivity index (χ0n) is 12.2. The van der Waals surface area contributed by atoms with E-state index in [0.717, 1.165) is 12.0 Å². The van der Waals surface area contributed by atoms with Gasteiger partial charge in [-0.3, -0.25) is 14.6 Å². The molecule has 6 heteroatoms. The van der Waals surface area contributed by atoms with Crippen LogP contribution in [0.15, 0.2) is 58.4 Å². The molecule has 2 N–H and O–H groups in total. The van der Waals surface area contributed by atoms with Gasteiger partial charge >= 0.3 is 0 Å². The lowest BCUT2D eigenvalue weighted by Gasteiger charge is -2.15. The van der Waals surface area contributed by atoms with Crippen LogP contribution in [0.25, 0.3) is 0 Å². The average Bonchev–Trinajstić information content (AvgIpc) is 2.59. The lowest BCUT2D eigenvalue weighted by atomic mass is 10.1. The second kappa shape index (κ2) is 6.62. The Balaban J connectivity index is 1.66. The molecule has 0 unspecified atom stereocenters. The van der Waals surface area contributed by atoms with Crippen molar-refractivity contribution < 1.29 is 0 Å². The monoisotopic (exact) mass is 327 g/mol. The molecular weight excluding hydrogens is 314 g/mol. The zero-order chi connectivity index (χ0) is 16.2. The van der Waals surface area contributed by atoms with E-state index < -0.39 is 10.9 Å². The summed E-state index contributed by atoms with van der Waals surface area (Å²) >= 11 is 5.83. The first-order chi connectivity index (χ1) is 11.1. The van der Waals surface area contributed by atoms with Crippen LogP contribution in [0, 0.1) is 0 Å². The van der Waals surface area contributed by atoms with Crippen molar-refractivity contribution in [1.29, 1.82) is 0 Å². The molecule has 0 saturated carbocycles. The molecule has 3 rings (SSSR count). The smallest absolute Gasteiger partial charge is 0.253 e. The van der Waals surface area contributed by atoms with E-state index in [0.29, 0.717) is 28.6 Å². The van der Waals surface area contributed by atoms with E-state index in [2.05, 4.69) is 15.6 Å². The van der Waals surface area contributed by atoms with Gasteiger partial charge in [0.1, 0.15) is 11.4 Å².